The summed E-state index contributed by atoms with van der Waals surface area (Å²) < 4.78 is 16.7. The van der Waals surface area contributed by atoms with Crippen LogP contribution in [0.1, 0.15) is 265 Å². The van der Waals surface area contributed by atoms with E-state index in [0.29, 0.717) is 19.3 Å². The van der Waals surface area contributed by atoms with Gasteiger partial charge < -0.3 is 14.2 Å². The summed E-state index contributed by atoms with van der Waals surface area (Å²) in [7, 11) is 0. The molecular formula is C59H102O6. The average molecular weight is 907 g/mol. The fraction of sp³-hybridized carbons (Fsp3) is 0.746. The van der Waals surface area contributed by atoms with E-state index in [9.17, 15) is 14.4 Å². The van der Waals surface area contributed by atoms with Crippen molar-refractivity contribution < 1.29 is 28.6 Å². The molecule has 0 spiro atoms. The normalized spacial score (nSPS) is 12.6. The SMILES string of the molecule is CC/C=C\C/C=C\C/C=C\C/C=C\CCCCCCCCCCCCCCCCC(=O)OCC(COC(=O)CCCCCCCCC)OC(=O)CCCCCCC/C=C\C/C=C\CCC. The summed E-state index contributed by atoms with van der Waals surface area (Å²) in [5.41, 5.74) is 0. The average Bonchev–Trinajstić information content (AvgIpc) is 3.30. The molecule has 0 bridgehead atoms. The first-order valence-corrected chi connectivity index (χ1v) is 27.4. The lowest BCUT2D eigenvalue weighted by atomic mass is 10.0. The topological polar surface area (TPSA) is 78.9 Å². The Bertz CT molecular complexity index is 1230. The molecule has 0 N–H and O–H groups in total. The summed E-state index contributed by atoms with van der Waals surface area (Å²) in [6, 6.07) is 0. The van der Waals surface area contributed by atoms with Crippen molar-refractivity contribution in [3.05, 3.63) is 72.9 Å². The highest BCUT2D eigenvalue weighted by Crippen LogP contribution is 2.15. The third kappa shape index (κ3) is 51.7. The molecule has 0 aliphatic rings. The Balaban J connectivity index is 4.10. The van der Waals surface area contributed by atoms with Gasteiger partial charge in [0.15, 0.2) is 6.10 Å². The zero-order valence-corrected chi connectivity index (χ0v) is 42.7. The van der Waals surface area contributed by atoms with Crippen LogP contribution in [0.3, 0.4) is 0 Å². The molecule has 0 heterocycles. The van der Waals surface area contributed by atoms with Crippen molar-refractivity contribution in [2.24, 2.45) is 0 Å². The number of rotatable bonds is 49. The molecule has 0 aromatic heterocycles. The monoisotopic (exact) mass is 907 g/mol. The molecule has 6 nitrogen and oxygen atoms in total. The quantitative estimate of drug-likeness (QED) is 0.0262. The van der Waals surface area contributed by atoms with Crippen LogP contribution in [-0.2, 0) is 28.6 Å². The number of hydrogen-bond donors (Lipinski definition) is 0. The van der Waals surface area contributed by atoms with Crippen LogP contribution >= 0.6 is 0 Å². The summed E-state index contributed by atoms with van der Waals surface area (Å²) in [5.74, 6) is -0.897. The molecule has 0 radical (unpaired) electrons. The van der Waals surface area contributed by atoms with Gasteiger partial charge >= 0.3 is 17.9 Å². The molecule has 0 aliphatic carbocycles. The number of allylic oxidation sites excluding steroid dienone is 12. The Kier molecular flexibility index (Phi) is 50.9. The predicted octanol–water partition coefficient (Wildman–Crippen LogP) is 18.2. The molecule has 0 fully saturated rings. The van der Waals surface area contributed by atoms with Crippen LogP contribution in [0.5, 0.6) is 0 Å². The summed E-state index contributed by atoms with van der Waals surface area (Å²) in [6.07, 6.45) is 67.8. The molecule has 0 saturated heterocycles. The van der Waals surface area contributed by atoms with Crippen LogP contribution in [0.4, 0.5) is 0 Å². The Morgan fingerprint density at radius 3 is 1.00 bits per heavy atom. The number of esters is 3. The lowest BCUT2D eigenvalue weighted by Gasteiger charge is -2.18. The van der Waals surface area contributed by atoms with Gasteiger partial charge in [-0.2, -0.15) is 0 Å². The standard InChI is InChI=1S/C59H102O6/c1-4-7-10-13-16-18-20-22-23-24-25-26-27-28-29-30-31-32-33-34-35-37-38-40-43-46-49-52-58(61)64-55-56(54-63-57(60)51-48-45-42-15-12-9-6-3)65-59(62)53-50-47-44-41-39-36-21-19-17-14-11-8-5-2/h7,10-11,14,16,18-19,21-23,25-26,56H,4-6,8-9,12-13,15,17,20,24,27-55H2,1-3H3/b10-7-,14-11-,18-16-,21-19-,23-22-,26-25-. The van der Waals surface area contributed by atoms with E-state index in [4.69, 9.17) is 14.2 Å². The number of ether oxygens (including phenoxy) is 3. The Morgan fingerprint density at radius 2 is 0.631 bits per heavy atom. The Labute approximate surface area is 402 Å². The zero-order valence-electron chi connectivity index (χ0n) is 42.7. The first kappa shape index (κ1) is 61.9. The Hall–Kier alpha value is -3.15. The van der Waals surface area contributed by atoms with E-state index >= 15 is 0 Å². The van der Waals surface area contributed by atoms with Crippen LogP contribution in [0.15, 0.2) is 72.9 Å². The smallest absolute Gasteiger partial charge is 0.306 e. The van der Waals surface area contributed by atoms with E-state index in [2.05, 4.69) is 93.7 Å². The molecule has 374 valence electrons. The van der Waals surface area contributed by atoms with Crippen molar-refractivity contribution in [1.82, 2.24) is 0 Å². The van der Waals surface area contributed by atoms with Crippen molar-refractivity contribution >= 4 is 17.9 Å². The van der Waals surface area contributed by atoms with Gasteiger partial charge in [0.25, 0.3) is 0 Å². The molecule has 0 amide bonds. The summed E-state index contributed by atoms with van der Waals surface area (Å²) in [5, 5.41) is 0. The first-order valence-electron chi connectivity index (χ1n) is 27.4. The van der Waals surface area contributed by atoms with Crippen LogP contribution in [0, 0.1) is 0 Å². The van der Waals surface area contributed by atoms with Crippen molar-refractivity contribution in [2.45, 2.75) is 271 Å². The van der Waals surface area contributed by atoms with Crippen molar-refractivity contribution in [3.63, 3.8) is 0 Å². The van der Waals surface area contributed by atoms with E-state index in [-0.39, 0.29) is 31.1 Å². The largest absolute Gasteiger partial charge is 0.462 e. The highest BCUT2D eigenvalue weighted by molar-refractivity contribution is 5.71. The molecule has 65 heavy (non-hydrogen) atoms. The second-order valence-corrected chi connectivity index (χ2v) is 18.1. The summed E-state index contributed by atoms with van der Waals surface area (Å²) >= 11 is 0. The minimum atomic E-state index is -0.778. The van der Waals surface area contributed by atoms with Crippen molar-refractivity contribution in [3.8, 4) is 0 Å². The van der Waals surface area contributed by atoms with Gasteiger partial charge in [-0.15, -0.1) is 0 Å². The lowest BCUT2D eigenvalue weighted by Crippen LogP contribution is -2.30. The molecule has 0 saturated carbocycles. The van der Waals surface area contributed by atoms with E-state index in [1.54, 1.807) is 0 Å². The summed E-state index contributed by atoms with van der Waals surface area (Å²) in [6.45, 7) is 6.41. The van der Waals surface area contributed by atoms with Crippen LogP contribution in [0.25, 0.3) is 0 Å². The van der Waals surface area contributed by atoms with Gasteiger partial charge in [0.1, 0.15) is 13.2 Å². The van der Waals surface area contributed by atoms with Gasteiger partial charge in [0.2, 0.25) is 0 Å². The maximum Gasteiger partial charge on any atom is 0.306 e. The fourth-order valence-electron chi connectivity index (χ4n) is 7.59. The fourth-order valence-corrected chi connectivity index (χ4v) is 7.59. The molecule has 0 rings (SSSR count). The van der Waals surface area contributed by atoms with Crippen LogP contribution in [-0.4, -0.2) is 37.2 Å². The third-order valence-electron chi connectivity index (χ3n) is 11.7. The maximum atomic E-state index is 12.7. The minimum Gasteiger partial charge on any atom is -0.462 e. The first-order chi connectivity index (χ1) is 32.0. The van der Waals surface area contributed by atoms with E-state index in [1.807, 2.05) is 0 Å². The molecule has 0 aromatic rings. The second-order valence-electron chi connectivity index (χ2n) is 18.1. The summed E-state index contributed by atoms with van der Waals surface area (Å²) in [4.78, 5) is 37.8. The van der Waals surface area contributed by atoms with Crippen LogP contribution < -0.4 is 0 Å². The van der Waals surface area contributed by atoms with Crippen molar-refractivity contribution in [2.75, 3.05) is 13.2 Å². The van der Waals surface area contributed by atoms with Gasteiger partial charge in [-0.3, -0.25) is 14.4 Å². The number of unbranched alkanes of at least 4 members (excludes halogenated alkanes) is 26. The van der Waals surface area contributed by atoms with Gasteiger partial charge in [-0.1, -0.05) is 235 Å². The highest BCUT2D eigenvalue weighted by atomic mass is 16.6. The minimum absolute atomic E-state index is 0.0793. The number of hydrogen-bond acceptors (Lipinski definition) is 6. The molecule has 6 heteroatoms. The zero-order chi connectivity index (χ0) is 47.2. The van der Waals surface area contributed by atoms with E-state index in [0.717, 1.165) is 116 Å². The van der Waals surface area contributed by atoms with Gasteiger partial charge in [0, 0.05) is 19.3 Å². The van der Waals surface area contributed by atoms with Gasteiger partial charge in [0.05, 0.1) is 0 Å². The molecular weight excluding hydrogens is 805 g/mol. The molecule has 1 unspecified atom stereocenters. The van der Waals surface area contributed by atoms with Crippen LogP contribution in [0.2, 0.25) is 0 Å². The maximum absolute atomic E-state index is 12.7. The number of carbonyl (C=O) groups is 3. The second kappa shape index (κ2) is 53.5. The van der Waals surface area contributed by atoms with Crippen molar-refractivity contribution in [1.29, 1.82) is 0 Å². The highest BCUT2D eigenvalue weighted by Gasteiger charge is 2.19. The van der Waals surface area contributed by atoms with Gasteiger partial charge in [-0.25, -0.2) is 0 Å². The third-order valence-corrected chi connectivity index (χ3v) is 11.7. The molecule has 1 atom stereocenters. The van der Waals surface area contributed by atoms with Gasteiger partial charge in [-0.05, 0) is 83.5 Å². The lowest BCUT2D eigenvalue weighted by molar-refractivity contribution is -0.167. The van der Waals surface area contributed by atoms with E-state index < -0.39 is 6.10 Å². The molecule has 0 aliphatic heterocycles. The Morgan fingerprint density at radius 1 is 0.323 bits per heavy atom. The number of carbonyl (C=O) groups excluding carboxylic acids is 3. The van der Waals surface area contributed by atoms with E-state index in [1.165, 1.54) is 109 Å². The predicted molar refractivity (Wildman–Crippen MR) is 279 cm³/mol. The molecule has 0 aromatic carbocycles.